The van der Waals surface area contributed by atoms with Crippen molar-refractivity contribution >= 4 is 28.4 Å². The van der Waals surface area contributed by atoms with E-state index in [1.54, 1.807) is 7.11 Å². The summed E-state index contributed by atoms with van der Waals surface area (Å²) in [6.07, 6.45) is 0. The van der Waals surface area contributed by atoms with Crippen LogP contribution in [0.3, 0.4) is 0 Å². The van der Waals surface area contributed by atoms with Crippen LogP contribution < -0.4 is 4.74 Å². The standard InChI is InChI=1S/C16H18N2O3S/c1-11(12-3-5-13(20-2)6-4-12)14-15(19)17-16(22-14)18-7-9-21-10-8-18/h3-6H,7-10H2,1-2H3. The molecule has 116 valence electrons. The lowest BCUT2D eigenvalue weighted by molar-refractivity contribution is -0.113. The molecule has 0 N–H and O–H groups in total. The molecule has 0 saturated carbocycles. The van der Waals surface area contributed by atoms with Crippen LogP contribution in [0.4, 0.5) is 0 Å². The van der Waals surface area contributed by atoms with Crippen LogP contribution in [0.15, 0.2) is 34.2 Å². The number of amides is 1. The van der Waals surface area contributed by atoms with Crippen LogP contribution in [0, 0.1) is 0 Å². The van der Waals surface area contributed by atoms with Gasteiger partial charge in [0.05, 0.1) is 25.2 Å². The SMILES string of the molecule is COc1ccc(C(C)=C2SC(N3CCOCC3)=NC2=O)cc1. The molecule has 1 aromatic rings. The van der Waals surface area contributed by atoms with Crippen molar-refractivity contribution in [3.05, 3.63) is 34.7 Å². The molecule has 2 aliphatic rings. The Morgan fingerprint density at radius 1 is 1.27 bits per heavy atom. The van der Waals surface area contributed by atoms with Gasteiger partial charge in [0.2, 0.25) is 0 Å². The van der Waals surface area contributed by atoms with E-state index in [0.717, 1.165) is 35.1 Å². The Hall–Kier alpha value is -1.79. The largest absolute Gasteiger partial charge is 0.497 e. The van der Waals surface area contributed by atoms with Gasteiger partial charge in [0, 0.05) is 13.1 Å². The number of rotatable bonds is 2. The molecule has 2 aliphatic heterocycles. The number of thioether (sulfide) groups is 1. The molecule has 0 bridgehead atoms. The first-order valence-electron chi connectivity index (χ1n) is 7.18. The molecule has 5 nitrogen and oxygen atoms in total. The minimum Gasteiger partial charge on any atom is -0.497 e. The highest BCUT2D eigenvalue weighted by molar-refractivity contribution is 8.18. The predicted molar refractivity (Wildman–Crippen MR) is 88.0 cm³/mol. The van der Waals surface area contributed by atoms with Gasteiger partial charge in [-0.15, -0.1) is 0 Å². The zero-order valence-electron chi connectivity index (χ0n) is 12.7. The average molecular weight is 318 g/mol. The maximum Gasteiger partial charge on any atom is 0.286 e. The molecular weight excluding hydrogens is 300 g/mol. The highest BCUT2D eigenvalue weighted by Crippen LogP contribution is 2.35. The molecule has 1 fully saturated rings. The topological polar surface area (TPSA) is 51.1 Å². The van der Waals surface area contributed by atoms with E-state index >= 15 is 0 Å². The van der Waals surface area contributed by atoms with Crippen molar-refractivity contribution in [2.75, 3.05) is 33.4 Å². The molecule has 6 heteroatoms. The van der Waals surface area contributed by atoms with Gasteiger partial charge in [-0.25, -0.2) is 0 Å². The van der Waals surface area contributed by atoms with Gasteiger partial charge in [-0.05, 0) is 42.0 Å². The van der Waals surface area contributed by atoms with Gasteiger partial charge in [-0.2, -0.15) is 4.99 Å². The number of amidine groups is 1. The Bertz CT molecular complexity index is 631. The van der Waals surface area contributed by atoms with Gasteiger partial charge in [-0.3, -0.25) is 4.79 Å². The van der Waals surface area contributed by atoms with Crippen LogP contribution in [0.25, 0.3) is 5.57 Å². The molecule has 0 spiro atoms. The third kappa shape index (κ3) is 3.03. The van der Waals surface area contributed by atoms with Crippen molar-refractivity contribution < 1.29 is 14.3 Å². The Balaban J connectivity index is 1.80. The monoisotopic (exact) mass is 318 g/mol. The van der Waals surface area contributed by atoms with E-state index in [0.29, 0.717) is 18.1 Å². The van der Waals surface area contributed by atoms with Crippen LogP contribution in [0.2, 0.25) is 0 Å². The van der Waals surface area contributed by atoms with Gasteiger partial charge in [0.1, 0.15) is 5.75 Å². The molecule has 0 atom stereocenters. The normalized spacial score (nSPS) is 20.9. The molecule has 22 heavy (non-hydrogen) atoms. The van der Waals surface area contributed by atoms with Gasteiger partial charge < -0.3 is 14.4 Å². The summed E-state index contributed by atoms with van der Waals surface area (Å²) in [6.45, 7) is 4.90. The first-order valence-corrected chi connectivity index (χ1v) is 7.99. The van der Waals surface area contributed by atoms with Crippen molar-refractivity contribution in [1.82, 2.24) is 4.90 Å². The highest BCUT2D eigenvalue weighted by atomic mass is 32.2. The van der Waals surface area contributed by atoms with E-state index in [2.05, 4.69) is 9.89 Å². The van der Waals surface area contributed by atoms with E-state index < -0.39 is 0 Å². The second kappa shape index (κ2) is 6.54. The van der Waals surface area contributed by atoms with Crippen LogP contribution in [0.1, 0.15) is 12.5 Å². The van der Waals surface area contributed by atoms with Crippen molar-refractivity contribution in [1.29, 1.82) is 0 Å². The summed E-state index contributed by atoms with van der Waals surface area (Å²) in [5.41, 5.74) is 1.96. The minimum atomic E-state index is -0.153. The summed E-state index contributed by atoms with van der Waals surface area (Å²) < 4.78 is 10.5. The fourth-order valence-corrected chi connectivity index (χ4v) is 3.42. The summed E-state index contributed by atoms with van der Waals surface area (Å²) in [7, 11) is 1.64. The van der Waals surface area contributed by atoms with E-state index in [1.807, 2.05) is 31.2 Å². The number of allylic oxidation sites excluding steroid dienone is 1. The number of benzene rings is 1. The van der Waals surface area contributed by atoms with Crippen molar-refractivity contribution in [3.8, 4) is 5.75 Å². The number of hydrogen-bond donors (Lipinski definition) is 0. The molecule has 0 unspecified atom stereocenters. The lowest BCUT2D eigenvalue weighted by Gasteiger charge is -2.27. The summed E-state index contributed by atoms with van der Waals surface area (Å²) in [6, 6.07) is 7.71. The van der Waals surface area contributed by atoms with Crippen LogP contribution in [-0.4, -0.2) is 49.4 Å². The molecule has 1 amide bonds. The van der Waals surface area contributed by atoms with Gasteiger partial charge >= 0.3 is 0 Å². The van der Waals surface area contributed by atoms with E-state index in [9.17, 15) is 4.79 Å². The number of carbonyl (C=O) groups excluding carboxylic acids is 1. The number of methoxy groups -OCH3 is 1. The minimum absolute atomic E-state index is 0.153. The Labute approximate surface area is 134 Å². The second-order valence-electron chi connectivity index (χ2n) is 5.08. The van der Waals surface area contributed by atoms with Crippen molar-refractivity contribution in [2.45, 2.75) is 6.92 Å². The lowest BCUT2D eigenvalue weighted by Crippen LogP contribution is -2.38. The number of aliphatic imine (C=N–C) groups is 1. The molecule has 3 rings (SSSR count). The molecular formula is C16H18N2O3S. The molecule has 2 heterocycles. The summed E-state index contributed by atoms with van der Waals surface area (Å²) >= 11 is 1.46. The molecule has 1 saturated heterocycles. The number of nitrogens with zero attached hydrogens (tertiary/aromatic N) is 2. The van der Waals surface area contributed by atoms with Crippen LogP contribution in [0.5, 0.6) is 5.75 Å². The van der Waals surface area contributed by atoms with E-state index in [-0.39, 0.29) is 5.91 Å². The Morgan fingerprint density at radius 2 is 1.95 bits per heavy atom. The maximum atomic E-state index is 12.2. The number of morpholine rings is 1. The van der Waals surface area contributed by atoms with Crippen LogP contribution in [-0.2, 0) is 9.53 Å². The number of carbonyl (C=O) groups is 1. The molecule has 0 aromatic heterocycles. The zero-order valence-corrected chi connectivity index (χ0v) is 13.5. The zero-order chi connectivity index (χ0) is 15.5. The third-order valence-corrected chi connectivity index (χ3v) is 4.95. The molecule has 1 aromatic carbocycles. The Morgan fingerprint density at radius 3 is 2.59 bits per heavy atom. The highest BCUT2D eigenvalue weighted by Gasteiger charge is 2.28. The predicted octanol–water partition coefficient (Wildman–Crippen LogP) is 2.39. The smallest absolute Gasteiger partial charge is 0.286 e. The first kappa shape index (κ1) is 15.1. The fourth-order valence-electron chi connectivity index (χ4n) is 2.39. The third-order valence-electron chi connectivity index (χ3n) is 3.73. The number of ether oxygens (including phenoxy) is 2. The van der Waals surface area contributed by atoms with Gasteiger partial charge in [0.25, 0.3) is 5.91 Å². The maximum absolute atomic E-state index is 12.2. The lowest BCUT2D eigenvalue weighted by atomic mass is 10.1. The van der Waals surface area contributed by atoms with Gasteiger partial charge in [0.15, 0.2) is 5.17 Å². The number of hydrogen-bond acceptors (Lipinski definition) is 5. The van der Waals surface area contributed by atoms with E-state index in [1.165, 1.54) is 11.8 Å². The second-order valence-corrected chi connectivity index (χ2v) is 6.06. The molecule has 0 radical (unpaired) electrons. The molecule has 0 aliphatic carbocycles. The summed E-state index contributed by atoms with van der Waals surface area (Å²) in [5, 5.41) is 0.788. The summed E-state index contributed by atoms with van der Waals surface area (Å²) in [5.74, 6) is 0.650. The summed E-state index contributed by atoms with van der Waals surface area (Å²) in [4.78, 5) is 19.2. The van der Waals surface area contributed by atoms with Crippen molar-refractivity contribution in [2.24, 2.45) is 4.99 Å². The van der Waals surface area contributed by atoms with E-state index in [4.69, 9.17) is 9.47 Å². The fraction of sp³-hybridized carbons (Fsp3) is 0.375. The Kier molecular flexibility index (Phi) is 4.49. The first-order chi connectivity index (χ1) is 10.7. The van der Waals surface area contributed by atoms with Gasteiger partial charge in [-0.1, -0.05) is 12.1 Å². The van der Waals surface area contributed by atoms with Crippen LogP contribution >= 0.6 is 11.8 Å². The average Bonchev–Trinajstić information content (AvgIpc) is 2.97. The van der Waals surface area contributed by atoms with Crippen molar-refractivity contribution in [3.63, 3.8) is 0 Å². The quantitative estimate of drug-likeness (QED) is 0.784.